The van der Waals surface area contributed by atoms with Crippen LogP contribution in [0.4, 0.5) is 0 Å². The molecule has 25 heavy (non-hydrogen) atoms. The number of aliphatic hydroxyl groups excluding tert-OH is 1. The maximum Gasteiger partial charge on any atom is 0.189 e. The summed E-state index contributed by atoms with van der Waals surface area (Å²) in [5.74, 6) is 1.53. The van der Waals surface area contributed by atoms with Gasteiger partial charge in [0.1, 0.15) is 0 Å². The summed E-state index contributed by atoms with van der Waals surface area (Å²) in [5, 5.41) is 13.6. The number of guanidine groups is 1. The minimum absolute atomic E-state index is 0.213. The summed E-state index contributed by atoms with van der Waals surface area (Å²) in [7, 11) is 3.17. The van der Waals surface area contributed by atoms with Crippen LogP contribution in [0.1, 0.15) is 17.2 Å². The first kappa shape index (κ1) is 18.9. The number of aliphatic hydroxyl groups is 1. The first-order valence-corrected chi connectivity index (χ1v) is 8.10. The first-order valence-electron chi connectivity index (χ1n) is 7.72. The lowest BCUT2D eigenvalue weighted by atomic mass is 10.1. The predicted octanol–water partition coefficient (Wildman–Crippen LogP) is 2.50. The predicted molar refractivity (Wildman–Crippen MR) is 99.3 cm³/mol. The van der Waals surface area contributed by atoms with E-state index in [4.69, 9.17) is 26.8 Å². The molecule has 0 radical (unpaired) electrons. The minimum Gasteiger partial charge on any atom is -0.493 e. The van der Waals surface area contributed by atoms with E-state index in [1.807, 2.05) is 30.3 Å². The smallest absolute Gasteiger partial charge is 0.189 e. The third-order valence-electron chi connectivity index (χ3n) is 3.62. The Morgan fingerprint density at radius 2 is 1.92 bits per heavy atom. The van der Waals surface area contributed by atoms with Crippen molar-refractivity contribution >= 4 is 17.6 Å². The Kier molecular flexibility index (Phi) is 6.91. The molecule has 0 aromatic heterocycles. The molecule has 2 aromatic carbocycles. The molecule has 1 unspecified atom stereocenters. The lowest BCUT2D eigenvalue weighted by Crippen LogP contribution is -2.35. The SMILES string of the molecule is COc1ccc(CN=C(N)NCC(O)c2ccccc2Cl)cc1OC. The van der Waals surface area contributed by atoms with Gasteiger partial charge in [0.25, 0.3) is 0 Å². The molecule has 0 amide bonds. The fourth-order valence-corrected chi connectivity index (χ4v) is 2.53. The largest absolute Gasteiger partial charge is 0.493 e. The second-order valence-electron chi connectivity index (χ2n) is 5.31. The molecule has 0 aliphatic heterocycles. The third kappa shape index (κ3) is 5.27. The zero-order valence-corrected chi connectivity index (χ0v) is 15.0. The summed E-state index contributed by atoms with van der Waals surface area (Å²) in [6.45, 7) is 0.590. The van der Waals surface area contributed by atoms with E-state index in [9.17, 15) is 5.11 Å². The summed E-state index contributed by atoms with van der Waals surface area (Å²) in [4.78, 5) is 4.26. The van der Waals surface area contributed by atoms with Gasteiger partial charge in [0, 0.05) is 17.1 Å². The summed E-state index contributed by atoms with van der Waals surface area (Å²) >= 11 is 6.06. The van der Waals surface area contributed by atoms with Crippen molar-refractivity contribution < 1.29 is 14.6 Å². The number of nitrogens with two attached hydrogens (primary N) is 1. The lowest BCUT2D eigenvalue weighted by Gasteiger charge is -2.14. The van der Waals surface area contributed by atoms with Gasteiger partial charge in [0.15, 0.2) is 17.5 Å². The van der Waals surface area contributed by atoms with Crippen LogP contribution in [0, 0.1) is 0 Å². The molecule has 6 nitrogen and oxygen atoms in total. The van der Waals surface area contributed by atoms with Crippen molar-refractivity contribution in [2.45, 2.75) is 12.6 Å². The second-order valence-corrected chi connectivity index (χ2v) is 5.72. The van der Waals surface area contributed by atoms with E-state index in [1.54, 1.807) is 26.4 Å². The molecule has 134 valence electrons. The molecule has 4 N–H and O–H groups in total. The van der Waals surface area contributed by atoms with Crippen LogP contribution in [0.3, 0.4) is 0 Å². The molecule has 0 heterocycles. The molecule has 0 spiro atoms. The van der Waals surface area contributed by atoms with Gasteiger partial charge in [-0.15, -0.1) is 0 Å². The fraction of sp³-hybridized carbons (Fsp3) is 0.278. The van der Waals surface area contributed by atoms with Crippen molar-refractivity contribution in [3.63, 3.8) is 0 Å². The van der Waals surface area contributed by atoms with Gasteiger partial charge in [-0.05, 0) is 23.8 Å². The Morgan fingerprint density at radius 3 is 2.60 bits per heavy atom. The molecular formula is C18H22ClN3O3. The number of nitrogens with zero attached hydrogens (tertiary/aromatic N) is 1. The van der Waals surface area contributed by atoms with Crippen LogP contribution in [0.25, 0.3) is 0 Å². The van der Waals surface area contributed by atoms with E-state index in [-0.39, 0.29) is 12.5 Å². The number of rotatable bonds is 7. The quantitative estimate of drug-likeness (QED) is 0.519. The number of aliphatic imine (C=N–C) groups is 1. The summed E-state index contributed by atoms with van der Waals surface area (Å²) in [5.41, 5.74) is 7.42. The molecule has 0 aliphatic rings. The Labute approximate surface area is 152 Å². The molecule has 2 aromatic rings. The van der Waals surface area contributed by atoms with Crippen molar-refractivity contribution in [3.05, 3.63) is 58.6 Å². The standard InChI is InChI=1S/C18H22ClN3O3/c1-24-16-8-7-12(9-17(16)25-2)10-21-18(20)22-11-15(23)13-5-3-4-6-14(13)19/h3-9,15,23H,10-11H2,1-2H3,(H3,20,21,22). The van der Waals surface area contributed by atoms with Gasteiger partial charge < -0.3 is 25.6 Å². The molecule has 0 aliphatic carbocycles. The Bertz CT molecular complexity index is 737. The average Bonchev–Trinajstić information content (AvgIpc) is 2.64. The van der Waals surface area contributed by atoms with Gasteiger partial charge in [0.2, 0.25) is 0 Å². The highest BCUT2D eigenvalue weighted by Gasteiger charge is 2.11. The van der Waals surface area contributed by atoms with Crippen molar-refractivity contribution in [3.8, 4) is 11.5 Å². The lowest BCUT2D eigenvalue weighted by molar-refractivity contribution is 0.181. The maximum absolute atomic E-state index is 10.2. The number of ether oxygens (including phenoxy) is 2. The zero-order chi connectivity index (χ0) is 18.2. The number of nitrogens with one attached hydrogen (secondary N) is 1. The number of halogens is 1. The van der Waals surface area contributed by atoms with Crippen LogP contribution in [-0.2, 0) is 6.54 Å². The number of methoxy groups -OCH3 is 2. The van der Waals surface area contributed by atoms with Crippen LogP contribution in [0.15, 0.2) is 47.5 Å². The van der Waals surface area contributed by atoms with Gasteiger partial charge in [0.05, 0.1) is 26.9 Å². The van der Waals surface area contributed by atoms with Crippen LogP contribution >= 0.6 is 11.6 Å². The number of benzene rings is 2. The van der Waals surface area contributed by atoms with Crippen molar-refractivity contribution in [2.75, 3.05) is 20.8 Å². The molecule has 0 saturated heterocycles. The van der Waals surface area contributed by atoms with E-state index in [1.165, 1.54) is 0 Å². The fourth-order valence-electron chi connectivity index (χ4n) is 2.27. The van der Waals surface area contributed by atoms with Gasteiger partial charge in [-0.2, -0.15) is 0 Å². The highest BCUT2D eigenvalue weighted by molar-refractivity contribution is 6.31. The van der Waals surface area contributed by atoms with Crippen LogP contribution in [0.2, 0.25) is 5.02 Å². The first-order chi connectivity index (χ1) is 12.0. The van der Waals surface area contributed by atoms with Gasteiger partial charge in [-0.1, -0.05) is 35.9 Å². The van der Waals surface area contributed by atoms with Crippen molar-refractivity contribution in [1.82, 2.24) is 5.32 Å². The minimum atomic E-state index is -0.775. The van der Waals surface area contributed by atoms with Crippen LogP contribution in [-0.4, -0.2) is 31.8 Å². The van der Waals surface area contributed by atoms with E-state index in [0.717, 1.165) is 5.56 Å². The van der Waals surface area contributed by atoms with E-state index in [2.05, 4.69) is 10.3 Å². The monoisotopic (exact) mass is 363 g/mol. The Hall–Kier alpha value is -2.44. The highest BCUT2D eigenvalue weighted by atomic mass is 35.5. The molecular weight excluding hydrogens is 342 g/mol. The summed E-state index contributed by atoms with van der Waals surface area (Å²) < 4.78 is 10.5. The van der Waals surface area contributed by atoms with Crippen LogP contribution in [0.5, 0.6) is 11.5 Å². The van der Waals surface area contributed by atoms with E-state index in [0.29, 0.717) is 28.6 Å². The maximum atomic E-state index is 10.2. The normalized spacial score (nSPS) is 12.6. The number of hydrogen-bond donors (Lipinski definition) is 3. The molecule has 7 heteroatoms. The zero-order valence-electron chi connectivity index (χ0n) is 14.2. The van der Waals surface area contributed by atoms with Crippen LogP contribution < -0.4 is 20.5 Å². The summed E-state index contributed by atoms with van der Waals surface area (Å²) in [6, 6.07) is 12.7. The molecule has 0 saturated carbocycles. The molecule has 0 fully saturated rings. The second kappa shape index (κ2) is 9.15. The Balaban J connectivity index is 1.92. The topological polar surface area (TPSA) is 89.1 Å². The van der Waals surface area contributed by atoms with Crippen molar-refractivity contribution in [1.29, 1.82) is 0 Å². The third-order valence-corrected chi connectivity index (χ3v) is 3.96. The molecule has 2 rings (SSSR count). The summed E-state index contributed by atoms with van der Waals surface area (Å²) in [6.07, 6.45) is -0.775. The average molecular weight is 364 g/mol. The van der Waals surface area contributed by atoms with E-state index >= 15 is 0 Å². The molecule has 0 bridgehead atoms. The molecule has 1 atom stereocenters. The van der Waals surface area contributed by atoms with Gasteiger partial charge in [-0.25, -0.2) is 4.99 Å². The van der Waals surface area contributed by atoms with Gasteiger partial charge in [-0.3, -0.25) is 0 Å². The van der Waals surface area contributed by atoms with E-state index < -0.39 is 6.10 Å². The Morgan fingerprint density at radius 1 is 1.20 bits per heavy atom. The number of hydrogen-bond acceptors (Lipinski definition) is 4. The van der Waals surface area contributed by atoms with Crippen molar-refractivity contribution in [2.24, 2.45) is 10.7 Å². The van der Waals surface area contributed by atoms with Gasteiger partial charge >= 0.3 is 0 Å². The highest BCUT2D eigenvalue weighted by Crippen LogP contribution is 2.27.